The van der Waals surface area contributed by atoms with Crippen LogP contribution in [0, 0.1) is 6.92 Å². The Hall–Kier alpha value is -2.26. The molecule has 0 aliphatic carbocycles. The van der Waals surface area contributed by atoms with Gasteiger partial charge in [0.05, 0.1) is 11.3 Å². The van der Waals surface area contributed by atoms with Gasteiger partial charge in [0.25, 0.3) is 0 Å². The largest absolute Gasteiger partial charge is 0.494 e. The maximum absolute atomic E-state index is 9.98. The molecule has 2 aromatic carbocycles. The van der Waals surface area contributed by atoms with Crippen molar-refractivity contribution in [2.75, 3.05) is 0 Å². The highest BCUT2D eigenvalue weighted by Gasteiger charge is 2.08. The van der Waals surface area contributed by atoms with Crippen LogP contribution >= 0.6 is 11.6 Å². The summed E-state index contributed by atoms with van der Waals surface area (Å²) in [5.41, 5.74) is 3.51. The molecule has 0 saturated carbocycles. The minimum absolute atomic E-state index is 0.128. The Morgan fingerprint density at radius 2 is 1.90 bits per heavy atom. The summed E-state index contributed by atoms with van der Waals surface area (Å²) in [5.74, 6) is 0.128. The number of halogens is 1. The summed E-state index contributed by atoms with van der Waals surface area (Å²) in [7, 11) is 0. The average molecular weight is 285 g/mol. The van der Waals surface area contributed by atoms with Gasteiger partial charge in [0, 0.05) is 22.1 Å². The molecule has 0 saturated heterocycles. The van der Waals surface area contributed by atoms with E-state index in [2.05, 4.69) is 9.98 Å². The van der Waals surface area contributed by atoms with Crippen molar-refractivity contribution in [3.05, 3.63) is 58.6 Å². The fourth-order valence-electron chi connectivity index (χ4n) is 2.11. The highest BCUT2D eigenvalue weighted by Crippen LogP contribution is 2.27. The first-order valence-corrected chi connectivity index (χ1v) is 6.62. The number of hydrogen-bond donors (Lipinski definition) is 2. The van der Waals surface area contributed by atoms with Gasteiger partial charge >= 0.3 is 0 Å². The summed E-state index contributed by atoms with van der Waals surface area (Å²) < 4.78 is 0. The van der Waals surface area contributed by atoms with Gasteiger partial charge < -0.3 is 10.1 Å². The van der Waals surface area contributed by atoms with Gasteiger partial charge in [-0.25, -0.2) is 0 Å². The Balaban J connectivity index is 2.03. The molecule has 0 unspecified atom stereocenters. The zero-order valence-electron chi connectivity index (χ0n) is 10.9. The quantitative estimate of drug-likeness (QED) is 0.665. The lowest BCUT2D eigenvalue weighted by Crippen LogP contribution is -1.80. The predicted octanol–water partition coefficient (Wildman–Crippen LogP) is 4.59. The van der Waals surface area contributed by atoms with Gasteiger partial charge in [-0.3, -0.25) is 4.99 Å². The van der Waals surface area contributed by atoms with Gasteiger partial charge in [0.1, 0.15) is 0 Å². The van der Waals surface area contributed by atoms with Crippen LogP contribution in [0.1, 0.15) is 11.1 Å². The number of H-pyrrole nitrogens is 1. The van der Waals surface area contributed by atoms with E-state index >= 15 is 0 Å². The first-order chi connectivity index (χ1) is 9.63. The molecule has 0 aliphatic rings. The lowest BCUT2D eigenvalue weighted by molar-refractivity contribution is 0.457. The fourth-order valence-corrected chi connectivity index (χ4v) is 2.24. The van der Waals surface area contributed by atoms with E-state index in [9.17, 15) is 5.11 Å². The summed E-state index contributed by atoms with van der Waals surface area (Å²) in [5, 5.41) is 11.6. The third-order valence-electron chi connectivity index (χ3n) is 3.14. The van der Waals surface area contributed by atoms with Crippen molar-refractivity contribution in [1.29, 1.82) is 0 Å². The number of aromatic hydroxyl groups is 1. The normalized spacial score (nSPS) is 11.5. The van der Waals surface area contributed by atoms with E-state index in [1.807, 2.05) is 37.3 Å². The molecule has 0 spiro atoms. The van der Waals surface area contributed by atoms with E-state index in [1.54, 1.807) is 18.3 Å². The van der Waals surface area contributed by atoms with Gasteiger partial charge in [0.15, 0.2) is 5.88 Å². The number of aliphatic imine (C=N–C) groups is 1. The van der Waals surface area contributed by atoms with Crippen molar-refractivity contribution < 1.29 is 5.11 Å². The Bertz CT molecular complexity index is 788. The zero-order chi connectivity index (χ0) is 14.1. The molecule has 20 heavy (non-hydrogen) atoms. The molecule has 1 aromatic heterocycles. The molecule has 3 rings (SSSR count). The van der Waals surface area contributed by atoms with Crippen LogP contribution in [0.4, 0.5) is 5.69 Å². The molecule has 0 bridgehead atoms. The van der Waals surface area contributed by atoms with Gasteiger partial charge in [-0.2, -0.15) is 0 Å². The molecule has 3 nitrogen and oxygen atoms in total. The monoisotopic (exact) mass is 284 g/mol. The van der Waals surface area contributed by atoms with Crippen molar-refractivity contribution in [3.8, 4) is 5.88 Å². The summed E-state index contributed by atoms with van der Waals surface area (Å²) in [4.78, 5) is 7.31. The summed E-state index contributed by atoms with van der Waals surface area (Å²) in [6, 6.07) is 13.2. The predicted molar refractivity (Wildman–Crippen MR) is 83.4 cm³/mol. The zero-order valence-corrected chi connectivity index (χ0v) is 11.6. The lowest BCUT2D eigenvalue weighted by atomic mass is 10.1. The number of fused-ring (bicyclic) bond motifs is 1. The fraction of sp³-hybridized carbons (Fsp3) is 0.0625. The van der Waals surface area contributed by atoms with Gasteiger partial charge in [-0.1, -0.05) is 23.2 Å². The first kappa shape index (κ1) is 12.8. The smallest absolute Gasteiger partial charge is 0.198 e. The van der Waals surface area contributed by atoms with Gasteiger partial charge in [-0.15, -0.1) is 0 Å². The van der Waals surface area contributed by atoms with Crippen LogP contribution in [-0.4, -0.2) is 16.3 Å². The van der Waals surface area contributed by atoms with Crippen molar-refractivity contribution in [3.63, 3.8) is 0 Å². The first-order valence-electron chi connectivity index (χ1n) is 6.24. The van der Waals surface area contributed by atoms with Crippen LogP contribution in [0.3, 0.4) is 0 Å². The van der Waals surface area contributed by atoms with E-state index in [0.29, 0.717) is 10.6 Å². The molecular weight excluding hydrogens is 272 g/mol. The maximum Gasteiger partial charge on any atom is 0.198 e. The van der Waals surface area contributed by atoms with E-state index in [-0.39, 0.29) is 5.88 Å². The number of benzene rings is 2. The Morgan fingerprint density at radius 1 is 1.15 bits per heavy atom. The molecule has 4 heteroatoms. The van der Waals surface area contributed by atoms with Gasteiger partial charge in [-0.05, 0) is 43.3 Å². The van der Waals surface area contributed by atoms with Crippen LogP contribution < -0.4 is 0 Å². The average Bonchev–Trinajstić information content (AvgIpc) is 2.73. The molecular formula is C16H13ClN2O. The Morgan fingerprint density at radius 3 is 2.65 bits per heavy atom. The minimum Gasteiger partial charge on any atom is -0.494 e. The topological polar surface area (TPSA) is 48.4 Å². The molecule has 1 heterocycles. The second-order valence-electron chi connectivity index (χ2n) is 4.67. The van der Waals surface area contributed by atoms with E-state index in [1.165, 1.54) is 0 Å². The van der Waals surface area contributed by atoms with Crippen LogP contribution in [0.5, 0.6) is 5.88 Å². The van der Waals surface area contributed by atoms with E-state index in [0.717, 1.165) is 22.2 Å². The molecule has 100 valence electrons. The third-order valence-corrected chi connectivity index (χ3v) is 3.39. The number of aromatic amines is 1. The van der Waals surface area contributed by atoms with E-state index < -0.39 is 0 Å². The third kappa shape index (κ3) is 2.40. The summed E-state index contributed by atoms with van der Waals surface area (Å²) >= 11 is 5.84. The number of nitrogens with zero attached hydrogens (tertiary/aromatic N) is 1. The number of aryl methyl sites for hydroxylation is 1. The molecule has 0 aliphatic heterocycles. The van der Waals surface area contributed by atoms with Crippen LogP contribution in [0.25, 0.3) is 10.9 Å². The number of hydrogen-bond acceptors (Lipinski definition) is 2. The number of rotatable bonds is 2. The van der Waals surface area contributed by atoms with Gasteiger partial charge in [0.2, 0.25) is 0 Å². The molecule has 2 N–H and O–H groups in total. The second kappa shape index (κ2) is 5.02. The van der Waals surface area contributed by atoms with Crippen LogP contribution in [0.15, 0.2) is 47.5 Å². The molecule has 0 amide bonds. The maximum atomic E-state index is 9.98. The Kier molecular flexibility index (Phi) is 3.20. The Labute approximate surface area is 121 Å². The highest BCUT2D eigenvalue weighted by atomic mass is 35.5. The summed E-state index contributed by atoms with van der Waals surface area (Å²) in [6.45, 7) is 2.02. The van der Waals surface area contributed by atoms with Crippen molar-refractivity contribution in [1.82, 2.24) is 4.98 Å². The second-order valence-corrected chi connectivity index (χ2v) is 5.11. The van der Waals surface area contributed by atoms with E-state index in [4.69, 9.17) is 11.6 Å². The van der Waals surface area contributed by atoms with Crippen molar-refractivity contribution in [2.45, 2.75) is 6.92 Å². The standard InChI is InChI=1S/C16H13ClN2O/c1-10-2-7-15-13(8-10)14(16(20)19-15)9-18-12-5-3-11(17)4-6-12/h2-9,19-20H,1H3. The molecule has 0 atom stereocenters. The van der Waals surface area contributed by atoms with Crippen molar-refractivity contribution in [2.24, 2.45) is 4.99 Å². The number of nitrogens with one attached hydrogen (secondary N) is 1. The lowest BCUT2D eigenvalue weighted by Gasteiger charge is -1.96. The van der Waals surface area contributed by atoms with Crippen LogP contribution in [0.2, 0.25) is 5.02 Å². The SMILES string of the molecule is Cc1ccc2[nH]c(O)c(C=Nc3ccc(Cl)cc3)c2c1. The van der Waals surface area contributed by atoms with Crippen molar-refractivity contribution >= 4 is 34.4 Å². The molecule has 0 radical (unpaired) electrons. The molecule has 3 aromatic rings. The summed E-state index contributed by atoms with van der Waals surface area (Å²) in [6.07, 6.45) is 1.66. The molecule has 0 fully saturated rings. The highest BCUT2D eigenvalue weighted by molar-refractivity contribution is 6.30. The number of aromatic nitrogens is 1. The minimum atomic E-state index is 0.128. The van der Waals surface area contributed by atoms with Crippen LogP contribution in [-0.2, 0) is 0 Å².